The SMILES string of the molecule is C[C@@]1(c2cccc(Br)c2)NC(=O)N(CC(=O)NCc2ccccc2Cl)C1=O. The Kier molecular flexibility index (Phi) is 5.53. The van der Waals surface area contributed by atoms with E-state index in [1.54, 1.807) is 43.3 Å². The average molecular weight is 451 g/mol. The lowest BCUT2D eigenvalue weighted by atomic mass is 9.92. The van der Waals surface area contributed by atoms with E-state index in [1.807, 2.05) is 12.1 Å². The minimum absolute atomic E-state index is 0.213. The molecule has 140 valence electrons. The molecular formula is C19H17BrClN3O3. The molecule has 2 aromatic rings. The van der Waals surface area contributed by atoms with Crippen LogP contribution in [0.3, 0.4) is 0 Å². The zero-order valence-corrected chi connectivity index (χ0v) is 16.8. The molecule has 1 aliphatic rings. The van der Waals surface area contributed by atoms with E-state index in [0.717, 1.165) is 14.9 Å². The summed E-state index contributed by atoms with van der Waals surface area (Å²) in [4.78, 5) is 38.3. The summed E-state index contributed by atoms with van der Waals surface area (Å²) < 4.78 is 0.791. The molecule has 0 aliphatic carbocycles. The van der Waals surface area contributed by atoms with Crippen molar-refractivity contribution in [3.63, 3.8) is 0 Å². The third-order valence-corrected chi connectivity index (χ3v) is 5.27. The summed E-state index contributed by atoms with van der Waals surface area (Å²) in [5.41, 5.74) is 0.169. The smallest absolute Gasteiger partial charge is 0.325 e. The highest BCUT2D eigenvalue weighted by molar-refractivity contribution is 9.10. The summed E-state index contributed by atoms with van der Waals surface area (Å²) in [6, 6.07) is 13.7. The van der Waals surface area contributed by atoms with Gasteiger partial charge >= 0.3 is 6.03 Å². The third kappa shape index (κ3) is 3.99. The molecule has 1 saturated heterocycles. The Morgan fingerprint density at radius 1 is 1.22 bits per heavy atom. The van der Waals surface area contributed by atoms with Crippen LogP contribution in [-0.4, -0.2) is 29.3 Å². The molecule has 1 aliphatic heterocycles. The van der Waals surface area contributed by atoms with Crippen molar-refractivity contribution in [2.24, 2.45) is 0 Å². The minimum Gasteiger partial charge on any atom is -0.350 e. The number of imide groups is 1. The molecule has 2 N–H and O–H groups in total. The van der Waals surface area contributed by atoms with Crippen molar-refractivity contribution >= 4 is 45.4 Å². The second-order valence-electron chi connectivity index (χ2n) is 6.32. The van der Waals surface area contributed by atoms with Crippen LogP contribution >= 0.6 is 27.5 Å². The van der Waals surface area contributed by atoms with E-state index in [-0.39, 0.29) is 13.1 Å². The quantitative estimate of drug-likeness (QED) is 0.687. The Morgan fingerprint density at radius 3 is 2.67 bits per heavy atom. The Hall–Kier alpha value is -2.38. The summed E-state index contributed by atoms with van der Waals surface area (Å²) in [6.07, 6.45) is 0. The molecule has 1 atom stereocenters. The number of benzene rings is 2. The van der Waals surface area contributed by atoms with E-state index in [1.165, 1.54) is 0 Å². The molecule has 0 aromatic heterocycles. The second-order valence-corrected chi connectivity index (χ2v) is 7.65. The van der Waals surface area contributed by atoms with E-state index in [9.17, 15) is 14.4 Å². The molecule has 3 rings (SSSR count). The van der Waals surface area contributed by atoms with Crippen LogP contribution in [0.25, 0.3) is 0 Å². The van der Waals surface area contributed by atoms with Gasteiger partial charge in [0.15, 0.2) is 0 Å². The van der Waals surface area contributed by atoms with Gasteiger partial charge in [0.25, 0.3) is 5.91 Å². The van der Waals surface area contributed by atoms with Crippen molar-refractivity contribution < 1.29 is 14.4 Å². The number of hydrogen-bond acceptors (Lipinski definition) is 3. The molecule has 4 amide bonds. The maximum absolute atomic E-state index is 12.8. The highest BCUT2D eigenvalue weighted by Crippen LogP contribution is 2.30. The predicted octanol–water partition coefficient (Wildman–Crippen LogP) is 3.19. The average Bonchev–Trinajstić information content (AvgIpc) is 2.85. The van der Waals surface area contributed by atoms with Crippen molar-refractivity contribution in [2.45, 2.75) is 19.0 Å². The Morgan fingerprint density at radius 2 is 1.96 bits per heavy atom. The maximum Gasteiger partial charge on any atom is 0.325 e. The number of carbonyl (C=O) groups is 3. The molecule has 2 aromatic carbocycles. The first-order chi connectivity index (χ1) is 12.8. The first-order valence-electron chi connectivity index (χ1n) is 8.21. The van der Waals surface area contributed by atoms with Gasteiger partial charge in [-0.2, -0.15) is 0 Å². The fourth-order valence-corrected chi connectivity index (χ4v) is 3.47. The molecule has 0 saturated carbocycles. The van der Waals surface area contributed by atoms with E-state index in [4.69, 9.17) is 11.6 Å². The number of urea groups is 1. The monoisotopic (exact) mass is 449 g/mol. The van der Waals surface area contributed by atoms with Crippen molar-refractivity contribution in [1.82, 2.24) is 15.5 Å². The Balaban J connectivity index is 1.68. The lowest BCUT2D eigenvalue weighted by molar-refractivity contribution is -0.134. The van der Waals surface area contributed by atoms with E-state index >= 15 is 0 Å². The van der Waals surface area contributed by atoms with Gasteiger partial charge in [0, 0.05) is 16.0 Å². The second kappa shape index (κ2) is 7.70. The number of amides is 4. The van der Waals surface area contributed by atoms with Gasteiger partial charge in [0.2, 0.25) is 5.91 Å². The Labute approximate surface area is 170 Å². The van der Waals surface area contributed by atoms with Crippen molar-refractivity contribution in [3.05, 3.63) is 69.2 Å². The minimum atomic E-state index is -1.22. The molecule has 6 nitrogen and oxygen atoms in total. The van der Waals surface area contributed by atoms with Gasteiger partial charge in [-0.15, -0.1) is 0 Å². The maximum atomic E-state index is 12.8. The van der Waals surface area contributed by atoms with Crippen molar-refractivity contribution in [3.8, 4) is 0 Å². The number of hydrogen-bond donors (Lipinski definition) is 2. The van der Waals surface area contributed by atoms with Gasteiger partial charge in [-0.25, -0.2) is 4.79 Å². The number of halogens is 2. The number of nitrogens with zero attached hydrogens (tertiary/aromatic N) is 1. The largest absolute Gasteiger partial charge is 0.350 e. The van der Waals surface area contributed by atoms with Crippen molar-refractivity contribution in [2.75, 3.05) is 6.54 Å². The van der Waals surface area contributed by atoms with Gasteiger partial charge in [0.05, 0.1) is 0 Å². The summed E-state index contributed by atoms with van der Waals surface area (Å²) in [7, 11) is 0. The van der Waals surface area contributed by atoms with E-state index in [0.29, 0.717) is 10.6 Å². The molecular weight excluding hydrogens is 434 g/mol. The van der Waals surface area contributed by atoms with Crippen LogP contribution in [0.1, 0.15) is 18.1 Å². The lowest BCUT2D eigenvalue weighted by Gasteiger charge is -2.22. The summed E-state index contributed by atoms with van der Waals surface area (Å²) in [5.74, 6) is -0.921. The third-order valence-electron chi connectivity index (χ3n) is 4.41. The van der Waals surface area contributed by atoms with Gasteiger partial charge in [0.1, 0.15) is 12.1 Å². The van der Waals surface area contributed by atoms with Gasteiger partial charge < -0.3 is 10.6 Å². The lowest BCUT2D eigenvalue weighted by Crippen LogP contribution is -2.43. The highest BCUT2D eigenvalue weighted by Gasteiger charge is 2.49. The summed E-state index contributed by atoms with van der Waals surface area (Å²) in [5, 5.41) is 5.89. The van der Waals surface area contributed by atoms with Crippen LogP contribution < -0.4 is 10.6 Å². The van der Waals surface area contributed by atoms with Crippen LogP contribution in [0.4, 0.5) is 4.79 Å². The molecule has 0 radical (unpaired) electrons. The van der Waals surface area contributed by atoms with Gasteiger partial charge in [-0.3, -0.25) is 14.5 Å². The number of rotatable bonds is 5. The molecule has 27 heavy (non-hydrogen) atoms. The number of carbonyl (C=O) groups excluding carboxylic acids is 3. The van der Waals surface area contributed by atoms with Crippen LogP contribution in [-0.2, 0) is 21.7 Å². The van der Waals surface area contributed by atoms with E-state index in [2.05, 4.69) is 26.6 Å². The molecule has 0 spiro atoms. The van der Waals surface area contributed by atoms with Crippen LogP contribution in [0.5, 0.6) is 0 Å². The zero-order valence-electron chi connectivity index (χ0n) is 14.5. The highest BCUT2D eigenvalue weighted by atomic mass is 79.9. The van der Waals surface area contributed by atoms with Crippen molar-refractivity contribution in [1.29, 1.82) is 0 Å². The van der Waals surface area contributed by atoms with Crippen LogP contribution in [0.15, 0.2) is 53.0 Å². The molecule has 1 fully saturated rings. The van der Waals surface area contributed by atoms with Gasteiger partial charge in [-0.05, 0) is 36.2 Å². The Bertz CT molecular complexity index is 921. The summed E-state index contributed by atoms with van der Waals surface area (Å²) in [6.45, 7) is 1.47. The predicted molar refractivity (Wildman–Crippen MR) is 105 cm³/mol. The molecule has 1 heterocycles. The number of nitrogens with one attached hydrogen (secondary N) is 2. The molecule has 0 unspecified atom stereocenters. The zero-order chi connectivity index (χ0) is 19.6. The first kappa shape index (κ1) is 19.4. The fourth-order valence-electron chi connectivity index (χ4n) is 2.87. The molecule has 0 bridgehead atoms. The summed E-state index contributed by atoms with van der Waals surface area (Å²) >= 11 is 9.42. The fraction of sp³-hybridized carbons (Fsp3) is 0.211. The normalized spacial score (nSPS) is 19.1. The van der Waals surface area contributed by atoms with Crippen LogP contribution in [0.2, 0.25) is 5.02 Å². The molecule has 8 heteroatoms. The standard InChI is InChI=1S/C19H17BrClN3O3/c1-19(13-6-4-7-14(20)9-13)17(26)24(18(27)23-19)11-16(25)22-10-12-5-2-3-8-15(12)21/h2-9H,10-11H2,1H3,(H,22,25)(H,23,27)/t19-/m0/s1. The first-order valence-corrected chi connectivity index (χ1v) is 9.38. The van der Waals surface area contributed by atoms with E-state index < -0.39 is 23.4 Å². The topological polar surface area (TPSA) is 78.5 Å². The van der Waals surface area contributed by atoms with Crippen LogP contribution in [0, 0.1) is 0 Å². The van der Waals surface area contributed by atoms with Gasteiger partial charge in [-0.1, -0.05) is 57.9 Å².